The number of furan rings is 1. The van der Waals surface area contributed by atoms with Crippen molar-refractivity contribution in [1.82, 2.24) is 15.0 Å². The van der Waals surface area contributed by atoms with Crippen molar-refractivity contribution in [3.05, 3.63) is 168 Å². The number of aromatic hydroxyl groups is 1. The van der Waals surface area contributed by atoms with Gasteiger partial charge in [-0.15, -0.1) is 40.7 Å². The minimum absolute atomic E-state index is 0. The molecule has 0 saturated carbocycles. The van der Waals surface area contributed by atoms with Gasteiger partial charge in [-0.2, -0.15) is 0 Å². The van der Waals surface area contributed by atoms with Crippen LogP contribution in [0.4, 0.5) is 0 Å². The van der Waals surface area contributed by atoms with Crippen molar-refractivity contribution in [2.45, 2.75) is 98.8 Å². The van der Waals surface area contributed by atoms with Crippen molar-refractivity contribution in [2.24, 2.45) is 0 Å². The first kappa shape index (κ1) is 48.9. The SMILES string of the molecule is Cc1c(-c2ccccc2)sc2c(-c3[c-]c(-c4ccc(-c5c(C(C)C)cc(-c6ccccc6)cc5C(C)C)c5oc(-c6c(O)c(C(C)(C)C)cc7c6oc6ccccc67)nc45)cc(C(C)(C)C)c3)ncnc12.[Pt]. The Labute approximate surface area is 440 Å². The molecular formula is C64H58N3O3PtS-. The summed E-state index contributed by atoms with van der Waals surface area (Å²) in [6.45, 7) is 24.3. The Kier molecular flexibility index (Phi) is 12.5. The number of benzene rings is 7. The quantitative estimate of drug-likeness (QED) is 0.153. The number of phenols is 1. The Bertz CT molecular complexity index is 3840. The first-order valence-electron chi connectivity index (χ1n) is 24.7. The van der Waals surface area contributed by atoms with Crippen LogP contribution in [0.25, 0.3) is 110 Å². The van der Waals surface area contributed by atoms with E-state index >= 15 is 0 Å². The van der Waals surface area contributed by atoms with Gasteiger partial charge in [-0.3, -0.25) is 4.98 Å². The van der Waals surface area contributed by atoms with Gasteiger partial charge in [-0.1, -0.05) is 183 Å². The molecule has 0 bridgehead atoms. The smallest absolute Gasteiger partial charge is 0.234 e. The number of aromatic nitrogens is 3. The van der Waals surface area contributed by atoms with Crippen LogP contribution in [0.1, 0.15) is 109 Å². The molecule has 11 aromatic rings. The van der Waals surface area contributed by atoms with Gasteiger partial charge in [-0.25, -0.2) is 9.97 Å². The largest absolute Gasteiger partial charge is 0.507 e. The second-order valence-corrected chi connectivity index (χ2v) is 22.7. The maximum absolute atomic E-state index is 12.6. The molecule has 1 N–H and O–H groups in total. The average Bonchev–Trinajstić information content (AvgIpc) is 4.06. The summed E-state index contributed by atoms with van der Waals surface area (Å²) in [6.07, 6.45) is 1.68. The molecule has 0 atom stereocenters. The van der Waals surface area contributed by atoms with Crippen LogP contribution in [0.15, 0.2) is 143 Å². The molecule has 4 aromatic heterocycles. The first-order chi connectivity index (χ1) is 34.0. The van der Waals surface area contributed by atoms with Gasteiger partial charge in [0.25, 0.3) is 0 Å². The van der Waals surface area contributed by atoms with Crippen molar-refractivity contribution in [1.29, 1.82) is 0 Å². The number of oxazole rings is 1. The summed E-state index contributed by atoms with van der Waals surface area (Å²) >= 11 is 1.72. The van der Waals surface area contributed by atoms with Crippen LogP contribution in [-0.4, -0.2) is 20.1 Å². The van der Waals surface area contributed by atoms with E-state index in [9.17, 15) is 5.11 Å². The number of fused-ring (bicyclic) bond motifs is 5. The molecule has 0 aliphatic heterocycles. The predicted octanol–water partition coefficient (Wildman–Crippen LogP) is 18.4. The second kappa shape index (κ2) is 18.4. The van der Waals surface area contributed by atoms with Gasteiger partial charge in [-0.05, 0) is 80.7 Å². The zero-order valence-corrected chi connectivity index (χ0v) is 45.8. The predicted molar refractivity (Wildman–Crippen MR) is 296 cm³/mol. The molecule has 0 aliphatic rings. The number of nitrogens with zero attached hydrogens (tertiary/aromatic N) is 3. The summed E-state index contributed by atoms with van der Waals surface area (Å²) in [4.78, 5) is 16.5. The normalized spacial score (nSPS) is 12.3. The molecule has 0 saturated heterocycles. The molecule has 0 spiro atoms. The van der Waals surface area contributed by atoms with Crippen LogP contribution < -0.4 is 0 Å². The van der Waals surface area contributed by atoms with Crippen molar-refractivity contribution >= 4 is 54.6 Å². The van der Waals surface area contributed by atoms with Gasteiger partial charge < -0.3 is 13.9 Å². The van der Waals surface area contributed by atoms with E-state index in [1.807, 2.05) is 24.3 Å². The van der Waals surface area contributed by atoms with E-state index in [0.717, 1.165) is 82.3 Å². The summed E-state index contributed by atoms with van der Waals surface area (Å²) in [7, 11) is 0. The fraction of sp³-hybridized carbons (Fsp3) is 0.234. The van der Waals surface area contributed by atoms with Crippen LogP contribution in [-0.2, 0) is 31.9 Å². The molecule has 6 nitrogen and oxygen atoms in total. The number of phenolic OH excluding ortho intramolecular Hbond substituents is 1. The van der Waals surface area contributed by atoms with Gasteiger partial charge in [0.2, 0.25) is 5.89 Å². The minimum Gasteiger partial charge on any atom is -0.507 e. The molecule has 0 fully saturated rings. The van der Waals surface area contributed by atoms with E-state index in [0.29, 0.717) is 22.2 Å². The Balaban J connectivity index is 0.00000596. The van der Waals surface area contributed by atoms with Gasteiger partial charge in [0.15, 0.2) is 11.2 Å². The standard InChI is InChI=1S/C64H58N3O3S.Pt/c1-35(2)47-31-40(38-20-14-12-15-21-38)32-48(36(3)4)52(47)46-27-26-44(56-59(46)70-62(67-56)53-57(68)50(64(9,10)11)33-49-45-24-18-19-25-51(45)69-58(49)53)41-28-42(30-43(29-41)63(6,7)8)55-61-54(65-34-66-55)37(5)60(71-61)39-22-16-13-17-23-39;/h12-27,29-36,68H,1-11H3;/q-1;. The van der Waals surface area contributed by atoms with Gasteiger partial charge in [0, 0.05) is 58.2 Å². The number of aryl methyl sites for hydroxylation is 1. The van der Waals surface area contributed by atoms with E-state index in [1.54, 1.807) is 17.7 Å². The average molecular weight is 1140 g/mol. The Morgan fingerprint density at radius 3 is 1.88 bits per heavy atom. The van der Waals surface area contributed by atoms with E-state index in [1.165, 1.54) is 27.1 Å². The Morgan fingerprint density at radius 1 is 0.597 bits per heavy atom. The number of thiophene rings is 1. The third-order valence-corrected chi connectivity index (χ3v) is 15.4. The van der Waals surface area contributed by atoms with Gasteiger partial charge >= 0.3 is 0 Å². The maximum atomic E-state index is 12.6. The van der Waals surface area contributed by atoms with Crippen molar-refractivity contribution in [3.63, 3.8) is 0 Å². The third-order valence-electron chi connectivity index (χ3n) is 14.0. The maximum Gasteiger partial charge on any atom is 0.234 e. The van der Waals surface area contributed by atoms with Crippen LogP contribution >= 0.6 is 11.3 Å². The summed E-state index contributed by atoms with van der Waals surface area (Å²) in [5, 5.41) is 14.4. The van der Waals surface area contributed by atoms with Crippen LogP contribution in [0.3, 0.4) is 0 Å². The van der Waals surface area contributed by atoms with E-state index in [-0.39, 0.29) is 50.0 Å². The zero-order valence-electron chi connectivity index (χ0n) is 42.7. The summed E-state index contributed by atoms with van der Waals surface area (Å²) in [6, 6.07) is 48.7. The van der Waals surface area contributed by atoms with E-state index in [4.69, 9.17) is 23.8 Å². The Morgan fingerprint density at radius 2 is 1.22 bits per heavy atom. The van der Waals surface area contributed by atoms with Crippen molar-refractivity contribution in [2.75, 3.05) is 0 Å². The van der Waals surface area contributed by atoms with E-state index in [2.05, 4.69) is 185 Å². The molecular weight excluding hydrogens is 1090 g/mol. The minimum atomic E-state index is -0.416. The fourth-order valence-corrected chi connectivity index (χ4v) is 11.5. The molecule has 11 rings (SSSR count). The zero-order chi connectivity index (χ0) is 49.7. The molecule has 364 valence electrons. The molecule has 0 unspecified atom stereocenters. The number of hydrogen-bond donors (Lipinski definition) is 1. The van der Waals surface area contributed by atoms with Gasteiger partial charge in [0.05, 0.1) is 11.0 Å². The van der Waals surface area contributed by atoms with Crippen molar-refractivity contribution in [3.8, 4) is 72.3 Å². The van der Waals surface area contributed by atoms with Crippen molar-refractivity contribution < 1.29 is 35.0 Å². The molecule has 8 heteroatoms. The van der Waals surface area contributed by atoms with Crippen LogP contribution in [0, 0.1) is 13.0 Å². The summed E-state index contributed by atoms with van der Waals surface area (Å²) in [5.74, 6) is 0.734. The Hall–Kier alpha value is -6.66. The topological polar surface area (TPSA) is 85.2 Å². The van der Waals surface area contributed by atoms with Crippen LogP contribution in [0.5, 0.6) is 5.75 Å². The summed E-state index contributed by atoms with van der Waals surface area (Å²) < 4.78 is 15.0. The number of hydrogen-bond acceptors (Lipinski definition) is 7. The third kappa shape index (κ3) is 8.38. The summed E-state index contributed by atoms with van der Waals surface area (Å²) in [5.41, 5.74) is 17.8. The monoisotopic (exact) mass is 1140 g/mol. The molecule has 0 aliphatic carbocycles. The molecule has 4 heterocycles. The number of rotatable bonds is 8. The van der Waals surface area contributed by atoms with E-state index < -0.39 is 5.41 Å². The molecule has 0 radical (unpaired) electrons. The van der Waals surface area contributed by atoms with Crippen LogP contribution in [0.2, 0.25) is 0 Å². The van der Waals surface area contributed by atoms with Gasteiger partial charge in [0.1, 0.15) is 23.2 Å². The molecule has 0 amide bonds. The molecule has 72 heavy (non-hydrogen) atoms. The fourth-order valence-electron chi connectivity index (χ4n) is 10.2. The number of para-hydroxylation sites is 1. The second-order valence-electron chi connectivity index (χ2n) is 21.7. The first-order valence-corrected chi connectivity index (χ1v) is 25.5. The molecule has 7 aromatic carbocycles.